The van der Waals surface area contributed by atoms with Crippen molar-refractivity contribution in [2.75, 3.05) is 26.2 Å². The number of rotatable bonds is 3. The number of furan rings is 1. The summed E-state index contributed by atoms with van der Waals surface area (Å²) in [6.07, 6.45) is 1.50. The minimum atomic E-state index is -0.725. The Bertz CT molecular complexity index is 616. The van der Waals surface area contributed by atoms with Crippen molar-refractivity contribution in [1.29, 1.82) is 0 Å². The Morgan fingerprint density at radius 3 is 2.55 bits per heavy atom. The lowest BCUT2D eigenvalue weighted by Crippen LogP contribution is -2.45. The van der Waals surface area contributed by atoms with Crippen LogP contribution in [0.3, 0.4) is 0 Å². The smallest absolute Gasteiger partial charge is 0.149 e. The number of halogens is 4. The van der Waals surface area contributed by atoms with Gasteiger partial charge in [-0.25, -0.2) is 8.78 Å². The minimum Gasteiger partial charge on any atom is -0.467 e. The molecule has 2 heterocycles. The number of hydrogen-bond acceptors (Lipinski definition) is 3. The lowest BCUT2D eigenvalue weighted by molar-refractivity contribution is 0.173. The van der Waals surface area contributed by atoms with Crippen molar-refractivity contribution in [3.63, 3.8) is 0 Å². The Kier molecular flexibility index (Phi) is 5.81. The highest BCUT2D eigenvalue weighted by atomic mass is 35.5. The maximum absolute atomic E-state index is 14.4. The number of benzene rings is 1. The number of nitrogens with zero attached hydrogens (tertiary/aromatic N) is 1. The maximum atomic E-state index is 14.4. The van der Waals surface area contributed by atoms with Crippen LogP contribution < -0.4 is 5.32 Å². The van der Waals surface area contributed by atoms with Crippen LogP contribution in [-0.4, -0.2) is 31.1 Å². The number of nitrogens with one attached hydrogen (secondary N) is 1. The first-order valence-electron chi connectivity index (χ1n) is 6.80. The summed E-state index contributed by atoms with van der Waals surface area (Å²) in [5.74, 6) is -0.828. The van der Waals surface area contributed by atoms with Gasteiger partial charge in [0.2, 0.25) is 0 Å². The molecule has 1 saturated heterocycles. The first-order valence-corrected chi connectivity index (χ1v) is 7.18. The Morgan fingerprint density at radius 2 is 1.91 bits per heavy atom. The van der Waals surface area contributed by atoms with E-state index in [9.17, 15) is 8.78 Å². The van der Waals surface area contributed by atoms with Crippen LogP contribution in [0, 0.1) is 11.6 Å². The second-order valence-corrected chi connectivity index (χ2v) is 5.37. The Hall–Kier alpha value is -1.14. The summed E-state index contributed by atoms with van der Waals surface area (Å²) < 4.78 is 34.1. The van der Waals surface area contributed by atoms with Crippen molar-refractivity contribution in [2.45, 2.75) is 6.04 Å². The van der Waals surface area contributed by atoms with Gasteiger partial charge in [-0.05, 0) is 24.3 Å². The fourth-order valence-corrected chi connectivity index (χ4v) is 2.85. The summed E-state index contributed by atoms with van der Waals surface area (Å²) in [6, 6.07) is 5.25. The van der Waals surface area contributed by atoms with Gasteiger partial charge in [-0.15, -0.1) is 12.4 Å². The third kappa shape index (κ3) is 3.27. The highest BCUT2D eigenvalue weighted by molar-refractivity contribution is 6.30. The lowest BCUT2D eigenvalue weighted by Gasteiger charge is -2.34. The molecule has 1 aromatic heterocycles. The van der Waals surface area contributed by atoms with Crippen LogP contribution in [0.4, 0.5) is 8.78 Å². The van der Waals surface area contributed by atoms with E-state index in [0.717, 1.165) is 13.1 Å². The molecule has 1 aromatic carbocycles. The molecule has 3 rings (SSSR count). The zero-order valence-corrected chi connectivity index (χ0v) is 13.3. The molecule has 1 aliphatic heterocycles. The molecule has 3 nitrogen and oxygen atoms in total. The highest BCUT2D eigenvalue weighted by Crippen LogP contribution is 2.35. The van der Waals surface area contributed by atoms with Crippen molar-refractivity contribution in [3.05, 3.63) is 58.5 Å². The summed E-state index contributed by atoms with van der Waals surface area (Å²) in [5.41, 5.74) is -0.0562. The van der Waals surface area contributed by atoms with E-state index in [2.05, 4.69) is 5.32 Å². The van der Waals surface area contributed by atoms with Gasteiger partial charge in [0.15, 0.2) is 0 Å². The third-order valence-electron chi connectivity index (χ3n) is 3.68. The molecule has 22 heavy (non-hydrogen) atoms. The molecule has 1 aliphatic rings. The van der Waals surface area contributed by atoms with Crippen LogP contribution in [-0.2, 0) is 0 Å². The van der Waals surface area contributed by atoms with E-state index in [-0.39, 0.29) is 23.0 Å². The van der Waals surface area contributed by atoms with Crippen LogP contribution in [0.5, 0.6) is 0 Å². The second kappa shape index (κ2) is 7.42. The first kappa shape index (κ1) is 17.2. The van der Waals surface area contributed by atoms with Gasteiger partial charge >= 0.3 is 0 Å². The number of piperazine rings is 1. The summed E-state index contributed by atoms with van der Waals surface area (Å²) in [5, 5.41) is 3.14. The SMILES string of the molecule is Cl.Fc1ccc(Cl)c(F)c1[C@@H](c1ccco1)N1CCNCC1. The van der Waals surface area contributed by atoms with Gasteiger partial charge in [0.25, 0.3) is 0 Å². The minimum absolute atomic E-state index is 0. The van der Waals surface area contributed by atoms with Gasteiger partial charge in [0.05, 0.1) is 17.3 Å². The van der Waals surface area contributed by atoms with E-state index in [1.165, 1.54) is 18.4 Å². The lowest BCUT2D eigenvalue weighted by atomic mass is 10.0. The molecule has 1 fully saturated rings. The molecule has 7 heteroatoms. The van der Waals surface area contributed by atoms with Gasteiger partial charge in [-0.2, -0.15) is 0 Å². The average molecular weight is 349 g/mol. The maximum Gasteiger partial charge on any atom is 0.149 e. The van der Waals surface area contributed by atoms with Crippen molar-refractivity contribution >= 4 is 24.0 Å². The van der Waals surface area contributed by atoms with Crippen molar-refractivity contribution < 1.29 is 13.2 Å². The monoisotopic (exact) mass is 348 g/mol. The summed E-state index contributed by atoms with van der Waals surface area (Å²) in [7, 11) is 0. The Morgan fingerprint density at radius 1 is 1.18 bits per heavy atom. The van der Waals surface area contributed by atoms with Crippen LogP contribution in [0.25, 0.3) is 0 Å². The molecule has 0 unspecified atom stereocenters. The molecule has 1 N–H and O–H groups in total. The summed E-state index contributed by atoms with van der Waals surface area (Å²) >= 11 is 5.83. The van der Waals surface area contributed by atoms with Gasteiger partial charge < -0.3 is 9.73 Å². The van der Waals surface area contributed by atoms with Gasteiger partial charge in [0.1, 0.15) is 17.4 Å². The molecule has 120 valence electrons. The zero-order valence-electron chi connectivity index (χ0n) is 11.7. The van der Waals surface area contributed by atoms with Crippen LogP contribution in [0.2, 0.25) is 5.02 Å². The predicted octanol–water partition coefficient (Wildman–Crippen LogP) is 3.63. The van der Waals surface area contributed by atoms with Crippen molar-refractivity contribution in [3.8, 4) is 0 Å². The summed E-state index contributed by atoms with van der Waals surface area (Å²) in [4.78, 5) is 1.99. The molecule has 0 saturated carbocycles. The van der Waals surface area contributed by atoms with E-state index in [1.54, 1.807) is 12.1 Å². The molecular weight excluding hydrogens is 333 g/mol. The topological polar surface area (TPSA) is 28.4 Å². The average Bonchev–Trinajstić information content (AvgIpc) is 3.02. The molecule has 0 amide bonds. The quantitative estimate of drug-likeness (QED) is 0.858. The molecule has 2 aromatic rings. The van der Waals surface area contributed by atoms with Crippen molar-refractivity contribution in [2.24, 2.45) is 0 Å². The highest BCUT2D eigenvalue weighted by Gasteiger charge is 2.31. The van der Waals surface area contributed by atoms with E-state index >= 15 is 0 Å². The fraction of sp³-hybridized carbons (Fsp3) is 0.333. The van der Waals surface area contributed by atoms with E-state index in [4.69, 9.17) is 16.0 Å². The largest absolute Gasteiger partial charge is 0.467 e. The second-order valence-electron chi connectivity index (χ2n) is 4.96. The van der Waals surface area contributed by atoms with E-state index < -0.39 is 17.7 Å². The van der Waals surface area contributed by atoms with Crippen LogP contribution >= 0.6 is 24.0 Å². The fourth-order valence-electron chi connectivity index (χ4n) is 2.69. The van der Waals surface area contributed by atoms with Gasteiger partial charge in [-0.3, -0.25) is 4.90 Å². The molecule has 1 atom stereocenters. The third-order valence-corrected chi connectivity index (χ3v) is 3.97. The molecule has 0 radical (unpaired) electrons. The zero-order chi connectivity index (χ0) is 14.8. The first-order chi connectivity index (χ1) is 10.2. The van der Waals surface area contributed by atoms with Gasteiger partial charge in [-0.1, -0.05) is 11.6 Å². The Labute approximate surface area is 138 Å². The van der Waals surface area contributed by atoms with Crippen LogP contribution in [0.1, 0.15) is 17.4 Å². The van der Waals surface area contributed by atoms with E-state index in [1.807, 2.05) is 4.90 Å². The normalized spacial score (nSPS) is 17.0. The molecule has 0 bridgehead atoms. The predicted molar refractivity (Wildman–Crippen MR) is 83.6 cm³/mol. The van der Waals surface area contributed by atoms with Crippen molar-refractivity contribution in [1.82, 2.24) is 10.2 Å². The summed E-state index contributed by atoms with van der Waals surface area (Å²) in [6.45, 7) is 2.88. The van der Waals surface area contributed by atoms with Crippen LogP contribution in [0.15, 0.2) is 34.9 Å². The molecular formula is C15H16Cl2F2N2O. The standard InChI is InChI=1S/C15H15ClF2N2O.ClH/c16-10-3-4-11(17)13(14(10)18)15(12-2-1-9-21-12)20-7-5-19-6-8-20;/h1-4,9,15,19H,5-8H2;1H/t15-;/m1./s1. The Balaban J connectivity index is 0.00000176. The number of hydrogen-bond donors (Lipinski definition) is 1. The molecule has 0 aliphatic carbocycles. The van der Waals surface area contributed by atoms with E-state index in [0.29, 0.717) is 18.8 Å². The molecule has 0 spiro atoms. The van der Waals surface area contributed by atoms with Gasteiger partial charge in [0, 0.05) is 31.7 Å².